The Labute approximate surface area is 293 Å². The molecule has 0 saturated carbocycles. The van der Waals surface area contributed by atoms with Crippen molar-refractivity contribution in [2.45, 2.75) is 78.4 Å². The van der Waals surface area contributed by atoms with Crippen molar-refractivity contribution in [2.24, 2.45) is 5.41 Å². The van der Waals surface area contributed by atoms with E-state index in [9.17, 15) is 24.5 Å². The van der Waals surface area contributed by atoms with E-state index in [0.29, 0.717) is 73.0 Å². The Bertz CT molecular complexity index is 1590. The number of benzene rings is 2. The fraction of sp³-hybridized carbons (Fsp3) is 0.526. The van der Waals surface area contributed by atoms with Gasteiger partial charge in [-0.2, -0.15) is 11.8 Å². The standard InChI is InChI=1S/C38H50FN3O6S/c1-25-30(33(35(43)44)48-36(2,3)4)32(41-18-16-37(5,6)17-19-41)31(34(40-25)38(45,46)42-20-23-49-24-21-42)27-9-13-29(14-10-27)47-22-15-26-7-11-28(39)12-8-26/h7-14,33,45-46H,15-24H2,1-6H3,(H,43,44)/t33-/m0/s1. The highest BCUT2D eigenvalue weighted by atomic mass is 32.2. The summed E-state index contributed by atoms with van der Waals surface area (Å²) in [5, 5.41) is 34.6. The van der Waals surface area contributed by atoms with Crippen LogP contribution in [0.25, 0.3) is 11.1 Å². The van der Waals surface area contributed by atoms with Gasteiger partial charge in [-0.1, -0.05) is 38.1 Å². The van der Waals surface area contributed by atoms with E-state index in [1.54, 1.807) is 35.7 Å². The third kappa shape index (κ3) is 8.93. The molecule has 2 aliphatic rings. The molecular formula is C38H50FN3O6S. The first-order valence-electron chi connectivity index (χ1n) is 17.0. The number of carboxylic acids is 1. The van der Waals surface area contributed by atoms with E-state index in [1.165, 1.54) is 12.1 Å². The molecule has 3 heterocycles. The minimum Gasteiger partial charge on any atom is -0.493 e. The summed E-state index contributed by atoms with van der Waals surface area (Å²) < 4.78 is 25.6. The average Bonchev–Trinajstić information content (AvgIpc) is 3.05. The van der Waals surface area contributed by atoms with Crippen LogP contribution in [0.3, 0.4) is 0 Å². The van der Waals surface area contributed by atoms with Gasteiger partial charge in [-0.25, -0.2) is 19.1 Å². The highest BCUT2D eigenvalue weighted by molar-refractivity contribution is 7.99. The molecule has 0 amide bonds. The highest BCUT2D eigenvalue weighted by Gasteiger charge is 2.44. The lowest BCUT2D eigenvalue weighted by atomic mass is 9.81. The third-order valence-electron chi connectivity index (χ3n) is 9.27. The number of thioether (sulfide) groups is 1. The molecule has 2 aliphatic heterocycles. The van der Waals surface area contributed by atoms with E-state index in [4.69, 9.17) is 14.5 Å². The Morgan fingerprint density at radius 2 is 1.61 bits per heavy atom. The zero-order valence-corrected chi connectivity index (χ0v) is 30.3. The summed E-state index contributed by atoms with van der Waals surface area (Å²) in [6.45, 7) is 14.2. The van der Waals surface area contributed by atoms with Crippen LogP contribution in [-0.4, -0.2) is 81.1 Å². The van der Waals surface area contributed by atoms with Crippen LogP contribution >= 0.6 is 11.8 Å². The monoisotopic (exact) mass is 695 g/mol. The van der Waals surface area contributed by atoms with Crippen LogP contribution in [0.15, 0.2) is 48.5 Å². The van der Waals surface area contributed by atoms with Crippen molar-refractivity contribution in [3.05, 3.63) is 76.9 Å². The molecule has 3 N–H and O–H groups in total. The maximum absolute atomic E-state index is 13.3. The van der Waals surface area contributed by atoms with Crippen molar-refractivity contribution >= 4 is 23.4 Å². The normalized spacial score (nSPS) is 17.9. The van der Waals surface area contributed by atoms with Gasteiger partial charge >= 0.3 is 5.97 Å². The lowest BCUT2D eigenvalue weighted by Gasteiger charge is -2.43. The SMILES string of the molecule is Cc1nc(C(O)(O)N2CCSCC2)c(-c2ccc(OCCc3ccc(F)cc3)cc2)c(N2CCC(C)(C)CC2)c1[C@H](OC(C)(C)C)C(=O)O. The first-order valence-corrected chi connectivity index (χ1v) is 18.2. The van der Waals surface area contributed by atoms with Gasteiger partial charge in [0.05, 0.1) is 17.9 Å². The molecule has 5 rings (SSSR count). The number of halogens is 1. The number of carboxylic acid groups (broad SMARTS) is 1. The Morgan fingerprint density at radius 1 is 1.00 bits per heavy atom. The fourth-order valence-electron chi connectivity index (χ4n) is 6.46. The number of aryl methyl sites for hydroxylation is 1. The van der Waals surface area contributed by atoms with E-state index in [2.05, 4.69) is 18.7 Å². The lowest BCUT2D eigenvalue weighted by molar-refractivity contribution is -0.275. The maximum atomic E-state index is 13.3. The zero-order chi connectivity index (χ0) is 35.6. The van der Waals surface area contributed by atoms with Gasteiger partial charge in [0.2, 0.25) is 0 Å². The topological polar surface area (TPSA) is 116 Å². The lowest BCUT2D eigenvalue weighted by Crippen LogP contribution is -2.51. The molecule has 3 aromatic rings. The summed E-state index contributed by atoms with van der Waals surface area (Å²) in [6.07, 6.45) is 0.989. The van der Waals surface area contributed by atoms with Crippen LogP contribution in [0.2, 0.25) is 0 Å². The summed E-state index contributed by atoms with van der Waals surface area (Å²) in [6, 6.07) is 13.7. The zero-order valence-electron chi connectivity index (χ0n) is 29.5. The summed E-state index contributed by atoms with van der Waals surface area (Å²) in [5.41, 5.74) is 2.82. The Balaban J connectivity index is 1.65. The van der Waals surface area contributed by atoms with Gasteiger partial charge in [-0.3, -0.25) is 0 Å². The van der Waals surface area contributed by atoms with Crippen LogP contribution in [0.4, 0.5) is 10.1 Å². The number of aliphatic hydroxyl groups is 2. The van der Waals surface area contributed by atoms with Gasteiger partial charge in [-0.15, -0.1) is 0 Å². The first-order chi connectivity index (χ1) is 23.1. The molecule has 49 heavy (non-hydrogen) atoms. The summed E-state index contributed by atoms with van der Waals surface area (Å²) in [4.78, 5) is 21.6. The van der Waals surface area contributed by atoms with Crippen molar-refractivity contribution in [1.82, 2.24) is 9.88 Å². The molecule has 2 saturated heterocycles. The Morgan fingerprint density at radius 3 is 2.18 bits per heavy atom. The van der Waals surface area contributed by atoms with E-state index < -0.39 is 23.6 Å². The number of aromatic nitrogens is 1. The van der Waals surface area contributed by atoms with Gasteiger partial charge in [0.1, 0.15) is 17.3 Å². The number of nitrogens with zero attached hydrogens (tertiary/aromatic N) is 3. The molecule has 11 heteroatoms. The van der Waals surface area contributed by atoms with Crippen molar-refractivity contribution in [2.75, 3.05) is 49.2 Å². The summed E-state index contributed by atoms with van der Waals surface area (Å²) in [7, 11) is 0. The fourth-order valence-corrected chi connectivity index (χ4v) is 7.37. The maximum Gasteiger partial charge on any atom is 0.337 e. The second-order valence-electron chi connectivity index (χ2n) is 14.8. The largest absolute Gasteiger partial charge is 0.493 e. The molecular weight excluding hydrogens is 645 g/mol. The molecule has 0 unspecified atom stereocenters. The average molecular weight is 696 g/mol. The summed E-state index contributed by atoms with van der Waals surface area (Å²) in [5.74, 6) is -1.75. The summed E-state index contributed by atoms with van der Waals surface area (Å²) >= 11 is 1.76. The molecule has 266 valence electrons. The number of pyridine rings is 1. The van der Waals surface area contributed by atoms with E-state index in [1.807, 2.05) is 45.0 Å². The van der Waals surface area contributed by atoms with Crippen LogP contribution in [0.1, 0.15) is 76.1 Å². The molecule has 0 radical (unpaired) electrons. The molecule has 0 spiro atoms. The number of ether oxygens (including phenoxy) is 2. The molecule has 0 bridgehead atoms. The second kappa shape index (κ2) is 14.9. The Kier molecular flexibility index (Phi) is 11.3. The first kappa shape index (κ1) is 37.0. The van der Waals surface area contributed by atoms with E-state index in [-0.39, 0.29) is 16.9 Å². The predicted molar refractivity (Wildman–Crippen MR) is 191 cm³/mol. The quantitative estimate of drug-likeness (QED) is 0.191. The van der Waals surface area contributed by atoms with Crippen molar-refractivity contribution in [3.8, 4) is 16.9 Å². The number of piperidine rings is 1. The molecule has 0 aliphatic carbocycles. The van der Waals surface area contributed by atoms with Gasteiger partial charge in [0.25, 0.3) is 5.91 Å². The van der Waals surface area contributed by atoms with Crippen LogP contribution in [-0.2, 0) is 21.9 Å². The molecule has 2 aromatic carbocycles. The van der Waals surface area contributed by atoms with Gasteiger partial charge in [-0.05, 0) is 81.3 Å². The van der Waals surface area contributed by atoms with Gasteiger partial charge < -0.3 is 29.7 Å². The van der Waals surface area contributed by atoms with E-state index >= 15 is 0 Å². The van der Waals surface area contributed by atoms with Crippen LogP contribution < -0.4 is 9.64 Å². The predicted octanol–water partition coefficient (Wildman–Crippen LogP) is 6.53. The molecule has 1 atom stereocenters. The van der Waals surface area contributed by atoms with Crippen LogP contribution in [0.5, 0.6) is 5.75 Å². The number of carbonyl (C=O) groups is 1. The van der Waals surface area contributed by atoms with E-state index in [0.717, 1.165) is 29.9 Å². The number of hydrogen-bond donors (Lipinski definition) is 3. The van der Waals surface area contributed by atoms with Crippen molar-refractivity contribution in [1.29, 1.82) is 0 Å². The molecule has 2 fully saturated rings. The minimum atomic E-state index is -2.42. The smallest absolute Gasteiger partial charge is 0.337 e. The number of aliphatic carboxylic acids is 1. The highest BCUT2D eigenvalue weighted by Crippen LogP contribution is 2.47. The molecule has 9 nitrogen and oxygen atoms in total. The van der Waals surface area contributed by atoms with Crippen molar-refractivity contribution in [3.63, 3.8) is 0 Å². The minimum absolute atomic E-state index is 0.0605. The number of hydrogen-bond acceptors (Lipinski definition) is 9. The van der Waals surface area contributed by atoms with Gasteiger partial charge in [0.15, 0.2) is 6.10 Å². The third-order valence-corrected chi connectivity index (χ3v) is 10.2. The van der Waals surface area contributed by atoms with Crippen molar-refractivity contribution < 1.29 is 34.0 Å². The second-order valence-corrected chi connectivity index (χ2v) is 16.0. The number of anilines is 1. The number of rotatable bonds is 11. The molecule has 1 aromatic heterocycles. The van der Waals surface area contributed by atoms with Crippen LogP contribution in [0, 0.1) is 18.2 Å². The van der Waals surface area contributed by atoms with Gasteiger partial charge in [0, 0.05) is 60.9 Å². The Hall–Kier alpha value is -3.22.